The first-order valence-corrected chi connectivity index (χ1v) is 3.42. The van der Waals surface area contributed by atoms with Gasteiger partial charge in [0.15, 0.2) is 6.23 Å². The van der Waals surface area contributed by atoms with E-state index in [1.165, 1.54) is 0 Å². The molecule has 1 atom stereocenters. The zero-order valence-electron chi connectivity index (χ0n) is 6.19. The lowest BCUT2D eigenvalue weighted by Crippen LogP contribution is -2.14. The maximum absolute atomic E-state index is 5.04. The molecule has 0 spiro atoms. The van der Waals surface area contributed by atoms with Crippen LogP contribution in [0.3, 0.4) is 0 Å². The Morgan fingerprint density at radius 1 is 1.55 bits per heavy atom. The van der Waals surface area contributed by atoms with E-state index in [9.17, 15) is 0 Å². The Bertz CT molecular complexity index is 286. The van der Waals surface area contributed by atoms with Gasteiger partial charge in [0.25, 0.3) is 0 Å². The zero-order valence-corrected chi connectivity index (χ0v) is 6.19. The molecule has 0 bridgehead atoms. The first kappa shape index (κ1) is 6.49. The fourth-order valence-electron chi connectivity index (χ4n) is 1.08. The van der Waals surface area contributed by atoms with Crippen LogP contribution in [-0.2, 0) is 4.74 Å². The molecule has 2 aliphatic heterocycles. The van der Waals surface area contributed by atoms with Crippen molar-refractivity contribution in [1.29, 1.82) is 0 Å². The Morgan fingerprint density at radius 3 is 3.27 bits per heavy atom. The molecule has 0 unspecified atom stereocenters. The second-order valence-corrected chi connectivity index (χ2v) is 2.36. The lowest BCUT2D eigenvalue weighted by molar-refractivity contribution is 0.148. The average molecular weight is 148 g/mol. The Morgan fingerprint density at radius 2 is 2.45 bits per heavy atom. The van der Waals surface area contributed by atoms with Crippen molar-refractivity contribution in [3.05, 3.63) is 23.9 Å². The van der Waals surface area contributed by atoms with Gasteiger partial charge in [0, 0.05) is 18.9 Å². The average Bonchev–Trinajstić information content (AvgIpc) is 2.50. The Labute approximate surface area is 64.8 Å². The Kier molecular flexibility index (Phi) is 1.43. The minimum atomic E-state index is -0.133. The van der Waals surface area contributed by atoms with E-state index in [0.717, 1.165) is 11.3 Å². The number of rotatable bonds is 1. The summed E-state index contributed by atoms with van der Waals surface area (Å²) in [5.41, 5.74) is 2.03. The van der Waals surface area contributed by atoms with E-state index >= 15 is 0 Å². The van der Waals surface area contributed by atoms with Gasteiger partial charge >= 0.3 is 0 Å². The van der Waals surface area contributed by atoms with E-state index in [4.69, 9.17) is 4.74 Å². The number of nitrogens with zero attached hydrogens (tertiary/aromatic N) is 2. The second kappa shape index (κ2) is 2.43. The van der Waals surface area contributed by atoms with Crippen molar-refractivity contribution in [2.75, 3.05) is 7.11 Å². The third-order valence-electron chi connectivity index (χ3n) is 1.67. The van der Waals surface area contributed by atoms with E-state index in [1.54, 1.807) is 19.5 Å². The molecule has 0 radical (unpaired) electrons. The van der Waals surface area contributed by atoms with Gasteiger partial charge in [-0.1, -0.05) is 0 Å². The Hall–Kier alpha value is -1.22. The number of hydrogen-bond acceptors (Lipinski definition) is 3. The quantitative estimate of drug-likeness (QED) is 0.544. The molecule has 56 valence electrons. The van der Waals surface area contributed by atoms with E-state index in [1.807, 2.05) is 12.2 Å². The van der Waals surface area contributed by atoms with Crippen molar-refractivity contribution in [3.8, 4) is 0 Å². The van der Waals surface area contributed by atoms with Crippen LogP contribution in [0.15, 0.2) is 33.9 Å². The first-order valence-electron chi connectivity index (χ1n) is 3.42. The molecule has 0 fully saturated rings. The molecule has 0 aromatic rings. The molecule has 2 heterocycles. The van der Waals surface area contributed by atoms with Crippen molar-refractivity contribution in [3.63, 3.8) is 0 Å². The number of aliphatic imine (C=N–C) groups is 2. The van der Waals surface area contributed by atoms with E-state index in [2.05, 4.69) is 9.98 Å². The molecule has 3 nitrogen and oxygen atoms in total. The van der Waals surface area contributed by atoms with Crippen LogP contribution in [0.2, 0.25) is 0 Å². The van der Waals surface area contributed by atoms with Crippen molar-refractivity contribution >= 4 is 11.9 Å². The van der Waals surface area contributed by atoms with Crippen LogP contribution in [0.1, 0.15) is 0 Å². The SMILES string of the molecule is CO[C@H]1C=C2C=CN=C2C=N1. The predicted molar refractivity (Wildman–Crippen MR) is 43.9 cm³/mol. The van der Waals surface area contributed by atoms with Crippen molar-refractivity contribution in [1.82, 2.24) is 0 Å². The molecule has 0 aliphatic carbocycles. The molecule has 0 amide bonds. The maximum Gasteiger partial charge on any atom is 0.167 e. The predicted octanol–water partition coefficient (Wildman–Crippen LogP) is 0.938. The number of ether oxygens (including phenoxy) is 1. The summed E-state index contributed by atoms with van der Waals surface area (Å²) in [7, 11) is 1.64. The normalized spacial score (nSPS) is 26.5. The summed E-state index contributed by atoms with van der Waals surface area (Å²) >= 11 is 0. The minimum absolute atomic E-state index is 0.133. The van der Waals surface area contributed by atoms with Gasteiger partial charge in [-0.2, -0.15) is 0 Å². The van der Waals surface area contributed by atoms with Crippen LogP contribution in [-0.4, -0.2) is 25.3 Å². The maximum atomic E-state index is 5.04. The Balaban J connectivity index is 2.30. The van der Waals surface area contributed by atoms with Gasteiger partial charge < -0.3 is 4.74 Å². The molecule has 0 aromatic heterocycles. The number of hydrogen-bond donors (Lipinski definition) is 0. The third kappa shape index (κ3) is 1.03. The van der Waals surface area contributed by atoms with E-state index in [0.29, 0.717) is 0 Å². The van der Waals surface area contributed by atoms with Crippen LogP contribution in [0.4, 0.5) is 0 Å². The molecule has 3 heteroatoms. The summed E-state index contributed by atoms with van der Waals surface area (Å²) in [4.78, 5) is 8.19. The summed E-state index contributed by atoms with van der Waals surface area (Å²) in [5, 5.41) is 0. The summed E-state index contributed by atoms with van der Waals surface area (Å²) in [6, 6.07) is 0. The fraction of sp³-hybridized carbons (Fsp3) is 0.250. The third-order valence-corrected chi connectivity index (χ3v) is 1.67. The van der Waals surface area contributed by atoms with Gasteiger partial charge in [0.2, 0.25) is 0 Å². The van der Waals surface area contributed by atoms with Crippen LogP contribution in [0.5, 0.6) is 0 Å². The molecule has 2 rings (SSSR count). The van der Waals surface area contributed by atoms with Crippen molar-refractivity contribution in [2.45, 2.75) is 6.23 Å². The van der Waals surface area contributed by atoms with Gasteiger partial charge in [0.05, 0.1) is 11.9 Å². The van der Waals surface area contributed by atoms with Gasteiger partial charge in [-0.3, -0.25) is 9.98 Å². The number of dihydropyridines is 1. The standard InChI is InChI=1S/C8H8N2O/c1-11-8-4-6-2-3-9-7(6)5-10-8/h2-5,8H,1H3/t8-/m0/s1. The summed E-state index contributed by atoms with van der Waals surface area (Å²) < 4.78 is 5.04. The highest BCUT2D eigenvalue weighted by Gasteiger charge is 2.13. The lowest BCUT2D eigenvalue weighted by atomic mass is 10.1. The van der Waals surface area contributed by atoms with E-state index in [-0.39, 0.29) is 6.23 Å². The van der Waals surface area contributed by atoms with Crippen LogP contribution in [0, 0.1) is 0 Å². The lowest BCUT2D eigenvalue weighted by Gasteiger charge is -2.10. The van der Waals surface area contributed by atoms with Gasteiger partial charge in [0.1, 0.15) is 0 Å². The highest BCUT2D eigenvalue weighted by molar-refractivity contribution is 6.40. The first-order chi connectivity index (χ1) is 5.40. The molecule has 2 aliphatic rings. The highest BCUT2D eigenvalue weighted by Crippen LogP contribution is 2.14. The summed E-state index contributed by atoms with van der Waals surface area (Å²) in [5.74, 6) is 0. The molecule has 11 heavy (non-hydrogen) atoms. The number of allylic oxidation sites excluding steroid dienone is 2. The fourth-order valence-corrected chi connectivity index (χ4v) is 1.08. The van der Waals surface area contributed by atoms with Gasteiger partial charge in [-0.05, 0) is 12.2 Å². The van der Waals surface area contributed by atoms with Crippen molar-refractivity contribution < 1.29 is 4.74 Å². The number of fused-ring (bicyclic) bond motifs is 1. The zero-order chi connectivity index (χ0) is 7.68. The van der Waals surface area contributed by atoms with E-state index < -0.39 is 0 Å². The number of methoxy groups -OCH3 is 1. The molecule has 0 saturated heterocycles. The molecule has 0 saturated carbocycles. The summed E-state index contributed by atoms with van der Waals surface area (Å²) in [6.07, 6.45) is 7.27. The molecule has 0 aromatic carbocycles. The smallest absolute Gasteiger partial charge is 0.167 e. The van der Waals surface area contributed by atoms with Crippen LogP contribution < -0.4 is 0 Å². The molecular weight excluding hydrogens is 140 g/mol. The van der Waals surface area contributed by atoms with Crippen molar-refractivity contribution in [2.24, 2.45) is 9.98 Å². The molecular formula is C8H8N2O. The monoisotopic (exact) mass is 148 g/mol. The highest BCUT2D eigenvalue weighted by atomic mass is 16.5. The van der Waals surface area contributed by atoms with Crippen LogP contribution >= 0.6 is 0 Å². The summed E-state index contributed by atoms with van der Waals surface area (Å²) in [6.45, 7) is 0. The largest absolute Gasteiger partial charge is 0.356 e. The van der Waals surface area contributed by atoms with Gasteiger partial charge in [-0.15, -0.1) is 0 Å². The molecule has 0 N–H and O–H groups in total. The van der Waals surface area contributed by atoms with Gasteiger partial charge in [-0.25, -0.2) is 0 Å². The second-order valence-electron chi connectivity index (χ2n) is 2.36. The van der Waals surface area contributed by atoms with Crippen LogP contribution in [0.25, 0.3) is 0 Å². The minimum Gasteiger partial charge on any atom is -0.356 e. The topological polar surface area (TPSA) is 34.0 Å².